The number of amidine groups is 1. The van der Waals surface area contributed by atoms with E-state index in [9.17, 15) is 13.2 Å². The van der Waals surface area contributed by atoms with Gasteiger partial charge in [0.1, 0.15) is 17.3 Å². The molecule has 0 saturated heterocycles. The molecule has 182 valence electrons. The van der Waals surface area contributed by atoms with Gasteiger partial charge in [-0.05, 0) is 54.1 Å². The number of hydrogen-bond donors (Lipinski definition) is 4. The molecule has 4 aromatic carbocycles. The Morgan fingerprint density at radius 2 is 1.64 bits per heavy atom. The lowest BCUT2D eigenvalue weighted by atomic mass is 10.1. The first-order chi connectivity index (χ1) is 17.1. The number of nitrogens with one attached hydrogen (secondary N) is 2. The van der Waals surface area contributed by atoms with Gasteiger partial charge in [-0.1, -0.05) is 54.1 Å². The van der Waals surface area contributed by atoms with Crippen LogP contribution in [0.1, 0.15) is 15.9 Å². The van der Waals surface area contributed by atoms with E-state index < -0.39 is 15.9 Å². The zero-order valence-electron chi connectivity index (χ0n) is 18.7. The van der Waals surface area contributed by atoms with E-state index in [-0.39, 0.29) is 22.0 Å². The summed E-state index contributed by atoms with van der Waals surface area (Å²) >= 11 is 6.13. The molecule has 8 nitrogen and oxygen atoms in total. The van der Waals surface area contributed by atoms with Crippen molar-refractivity contribution in [2.75, 3.05) is 5.32 Å². The van der Waals surface area contributed by atoms with Crippen LogP contribution in [0.3, 0.4) is 0 Å². The number of benzene rings is 4. The number of ether oxygens (including phenoxy) is 1. The number of halogens is 1. The van der Waals surface area contributed by atoms with Crippen molar-refractivity contribution in [2.45, 2.75) is 4.90 Å². The van der Waals surface area contributed by atoms with Crippen molar-refractivity contribution in [3.05, 3.63) is 107 Å². The molecule has 0 aliphatic heterocycles. The third-order valence-electron chi connectivity index (χ3n) is 5.21. The van der Waals surface area contributed by atoms with Gasteiger partial charge >= 0.3 is 0 Å². The second kappa shape index (κ2) is 10.2. The van der Waals surface area contributed by atoms with E-state index in [0.717, 1.165) is 0 Å². The number of sulfonamides is 1. The highest BCUT2D eigenvalue weighted by atomic mass is 35.5. The molecular formula is C26H21ClN4O4S. The summed E-state index contributed by atoms with van der Waals surface area (Å²) in [6, 6.07) is 24.4. The van der Waals surface area contributed by atoms with Gasteiger partial charge in [-0.2, -0.15) is 0 Å². The van der Waals surface area contributed by atoms with Crippen LogP contribution in [0.2, 0.25) is 5.02 Å². The van der Waals surface area contributed by atoms with Gasteiger partial charge in [0.15, 0.2) is 0 Å². The zero-order valence-corrected chi connectivity index (χ0v) is 20.3. The monoisotopic (exact) mass is 520 g/mol. The quantitative estimate of drug-likeness (QED) is 0.200. The molecular weight excluding hydrogens is 500 g/mol. The second-order valence-corrected chi connectivity index (χ2v) is 9.72. The van der Waals surface area contributed by atoms with Gasteiger partial charge in [0.05, 0.1) is 10.5 Å². The predicted molar refractivity (Wildman–Crippen MR) is 140 cm³/mol. The van der Waals surface area contributed by atoms with Crippen LogP contribution >= 0.6 is 11.6 Å². The van der Waals surface area contributed by atoms with Crippen molar-refractivity contribution >= 4 is 39.1 Å². The molecule has 0 aliphatic carbocycles. The molecule has 0 aromatic heterocycles. The van der Waals surface area contributed by atoms with E-state index in [1.807, 2.05) is 0 Å². The molecule has 0 heterocycles. The molecule has 0 unspecified atom stereocenters. The molecule has 6 N–H and O–H groups in total. The zero-order chi connectivity index (χ0) is 25.9. The minimum atomic E-state index is -3.90. The number of carbonyl (C=O) groups is 1. The number of amides is 1. The minimum Gasteiger partial charge on any atom is -0.457 e. The molecule has 0 saturated carbocycles. The molecule has 0 spiro atoms. The maximum Gasteiger partial charge on any atom is 0.259 e. The number of hydrogen-bond acceptors (Lipinski definition) is 5. The number of nitrogen functional groups attached to an aromatic ring is 1. The van der Waals surface area contributed by atoms with Gasteiger partial charge in [-0.3, -0.25) is 10.2 Å². The fourth-order valence-electron chi connectivity index (χ4n) is 3.51. The van der Waals surface area contributed by atoms with E-state index in [4.69, 9.17) is 32.6 Å². The highest BCUT2D eigenvalue weighted by Gasteiger charge is 2.17. The van der Waals surface area contributed by atoms with Gasteiger partial charge < -0.3 is 15.8 Å². The fourth-order valence-corrected chi connectivity index (χ4v) is 4.44. The van der Waals surface area contributed by atoms with Crippen LogP contribution in [-0.4, -0.2) is 20.2 Å². The number of anilines is 1. The molecule has 0 bridgehead atoms. The summed E-state index contributed by atoms with van der Waals surface area (Å²) in [6.45, 7) is 0. The Morgan fingerprint density at radius 1 is 0.917 bits per heavy atom. The lowest BCUT2D eigenvalue weighted by Gasteiger charge is -2.13. The molecule has 0 aliphatic rings. The maximum atomic E-state index is 13.1. The number of nitrogens with two attached hydrogens (primary N) is 2. The normalized spacial score (nSPS) is 11.1. The summed E-state index contributed by atoms with van der Waals surface area (Å²) in [5.74, 6) is 0.0887. The molecule has 0 atom stereocenters. The van der Waals surface area contributed by atoms with Crippen molar-refractivity contribution in [3.8, 4) is 22.6 Å². The Hall–Kier alpha value is -4.18. The van der Waals surface area contributed by atoms with Crippen LogP contribution < -0.4 is 20.9 Å². The topological polar surface area (TPSA) is 148 Å². The van der Waals surface area contributed by atoms with Crippen LogP contribution in [0, 0.1) is 5.41 Å². The Morgan fingerprint density at radius 3 is 2.33 bits per heavy atom. The molecule has 4 rings (SSSR count). The third-order valence-corrected chi connectivity index (χ3v) is 6.41. The lowest BCUT2D eigenvalue weighted by Crippen LogP contribution is -2.14. The van der Waals surface area contributed by atoms with Crippen molar-refractivity contribution < 1.29 is 17.9 Å². The highest BCUT2D eigenvalue weighted by molar-refractivity contribution is 7.89. The van der Waals surface area contributed by atoms with Crippen molar-refractivity contribution in [3.63, 3.8) is 0 Å². The van der Waals surface area contributed by atoms with Crippen molar-refractivity contribution in [1.29, 1.82) is 5.41 Å². The fraction of sp³-hybridized carbons (Fsp3) is 0. The van der Waals surface area contributed by atoms with E-state index in [1.165, 1.54) is 12.1 Å². The average molecular weight is 521 g/mol. The molecule has 36 heavy (non-hydrogen) atoms. The Bertz CT molecular complexity index is 1570. The first kappa shape index (κ1) is 24.9. The number of rotatable bonds is 7. The molecule has 0 fully saturated rings. The molecule has 4 aromatic rings. The first-order valence-corrected chi connectivity index (χ1v) is 12.5. The van der Waals surface area contributed by atoms with Crippen LogP contribution in [0.25, 0.3) is 11.1 Å². The van der Waals surface area contributed by atoms with E-state index in [0.29, 0.717) is 33.1 Å². The SMILES string of the molecule is N=C(N)c1cccc(Oc2ccc(Cl)cc2C(=O)Nc2ccc(-c3ccccc3S(N)(=O)=O)cc2)c1. The largest absolute Gasteiger partial charge is 0.457 e. The number of primary sulfonamides is 1. The van der Waals surface area contributed by atoms with E-state index in [1.54, 1.807) is 78.9 Å². The summed E-state index contributed by atoms with van der Waals surface area (Å²) in [5, 5.41) is 16.1. The van der Waals surface area contributed by atoms with Gasteiger partial charge in [0.2, 0.25) is 10.0 Å². The Balaban J connectivity index is 1.58. The van der Waals surface area contributed by atoms with E-state index >= 15 is 0 Å². The number of carbonyl (C=O) groups excluding carboxylic acids is 1. The first-order valence-electron chi connectivity index (χ1n) is 10.6. The summed E-state index contributed by atoms with van der Waals surface area (Å²) in [7, 11) is -3.90. The second-order valence-electron chi connectivity index (χ2n) is 7.76. The summed E-state index contributed by atoms with van der Waals surface area (Å²) in [5.41, 5.74) is 7.77. The molecule has 1 amide bonds. The Kier molecular flexibility index (Phi) is 7.07. The van der Waals surface area contributed by atoms with Gasteiger partial charge in [-0.15, -0.1) is 0 Å². The van der Waals surface area contributed by atoms with Crippen molar-refractivity contribution in [1.82, 2.24) is 0 Å². The Labute approximate surface area is 213 Å². The predicted octanol–water partition coefficient (Wildman–Crippen LogP) is 4.98. The third kappa shape index (κ3) is 5.72. The van der Waals surface area contributed by atoms with Gasteiger partial charge in [-0.25, -0.2) is 13.6 Å². The molecule has 0 radical (unpaired) electrons. The highest BCUT2D eigenvalue weighted by Crippen LogP contribution is 2.30. The lowest BCUT2D eigenvalue weighted by molar-refractivity contribution is 0.102. The van der Waals surface area contributed by atoms with Crippen LogP contribution in [0.4, 0.5) is 5.69 Å². The van der Waals surface area contributed by atoms with E-state index in [2.05, 4.69) is 5.32 Å². The summed E-state index contributed by atoms with van der Waals surface area (Å²) in [4.78, 5) is 13.1. The minimum absolute atomic E-state index is 0.0105. The van der Waals surface area contributed by atoms with Crippen molar-refractivity contribution in [2.24, 2.45) is 10.9 Å². The standard InChI is InChI=1S/C26H21ClN4O4S/c27-18-10-13-23(35-20-5-3-4-17(14-20)25(28)29)22(15-18)26(32)31-19-11-8-16(9-12-19)21-6-1-2-7-24(21)36(30,33)34/h1-15H,(H3,28,29)(H,31,32)(H2,30,33,34). The van der Waals surface area contributed by atoms with Crippen LogP contribution in [-0.2, 0) is 10.0 Å². The van der Waals surface area contributed by atoms with Gasteiger partial charge in [0.25, 0.3) is 5.91 Å². The maximum absolute atomic E-state index is 13.1. The van der Waals surface area contributed by atoms with Crippen LogP contribution in [0.15, 0.2) is 95.9 Å². The summed E-state index contributed by atoms with van der Waals surface area (Å²) in [6.07, 6.45) is 0. The van der Waals surface area contributed by atoms with Gasteiger partial charge in [0, 0.05) is 21.8 Å². The smallest absolute Gasteiger partial charge is 0.259 e. The average Bonchev–Trinajstić information content (AvgIpc) is 2.85. The molecule has 10 heteroatoms. The summed E-state index contributed by atoms with van der Waals surface area (Å²) < 4.78 is 29.7. The van der Waals surface area contributed by atoms with Crippen LogP contribution in [0.5, 0.6) is 11.5 Å².